The summed E-state index contributed by atoms with van der Waals surface area (Å²) in [7, 11) is 8.19. The number of anilines is 2. The summed E-state index contributed by atoms with van der Waals surface area (Å²) in [5.74, 6) is 0. The molecule has 2 aromatic carbocycles. The molecule has 0 bridgehead atoms. The van der Waals surface area contributed by atoms with Crippen LogP contribution in [-0.4, -0.2) is 33.2 Å². The van der Waals surface area contributed by atoms with E-state index in [9.17, 15) is 0 Å². The summed E-state index contributed by atoms with van der Waals surface area (Å²) >= 11 is 0. The predicted octanol–water partition coefficient (Wildman–Crippen LogP) is 4.54. The highest BCUT2D eigenvalue weighted by Crippen LogP contribution is 2.21. The monoisotopic (exact) mass is 317 g/mol. The molecule has 1 aromatic heterocycles. The lowest BCUT2D eigenvalue weighted by Crippen LogP contribution is -2.08. The number of pyridine rings is 1. The Labute approximate surface area is 143 Å². The third kappa shape index (κ3) is 3.57. The summed E-state index contributed by atoms with van der Waals surface area (Å²) in [5, 5.41) is 1.16. The standard InChI is InChI=1S/C21H23N3/c1-23(2)19-11-6-16(7-12-19)5-9-18-10-8-17-15-20(24(3)4)13-14-21(17)22-18/h5-15H,1-4H3/b9-5+. The molecule has 3 rings (SSSR count). The van der Waals surface area contributed by atoms with Crippen LogP contribution in [0.5, 0.6) is 0 Å². The number of nitrogens with zero attached hydrogens (tertiary/aromatic N) is 3. The van der Waals surface area contributed by atoms with E-state index in [1.54, 1.807) is 0 Å². The van der Waals surface area contributed by atoms with E-state index in [2.05, 4.69) is 76.5 Å². The first-order chi connectivity index (χ1) is 11.5. The first kappa shape index (κ1) is 16.1. The Morgan fingerprint density at radius 3 is 2.04 bits per heavy atom. The average Bonchev–Trinajstić information content (AvgIpc) is 2.59. The van der Waals surface area contributed by atoms with Gasteiger partial charge in [0.15, 0.2) is 0 Å². The van der Waals surface area contributed by atoms with Gasteiger partial charge in [0.25, 0.3) is 0 Å². The highest BCUT2D eigenvalue weighted by atomic mass is 15.1. The third-order valence-corrected chi connectivity index (χ3v) is 4.07. The Hall–Kier alpha value is -2.81. The second kappa shape index (κ2) is 6.75. The lowest BCUT2D eigenvalue weighted by atomic mass is 10.1. The van der Waals surface area contributed by atoms with E-state index >= 15 is 0 Å². The fourth-order valence-electron chi connectivity index (χ4n) is 2.56. The second-order valence-electron chi connectivity index (χ2n) is 6.33. The minimum atomic E-state index is 0.969. The van der Waals surface area contributed by atoms with Gasteiger partial charge in [0.05, 0.1) is 11.2 Å². The van der Waals surface area contributed by atoms with Crippen molar-refractivity contribution in [2.24, 2.45) is 0 Å². The Kier molecular flexibility index (Phi) is 4.52. The number of fused-ring (bicyclic) bond motifs is 1. The molecule has 0 fully saturated rings. The van der Waals surface area contributed by atoms with Gasteiger partial charge in [-0.25, -0.2) is 4.98 Å². The van der Waals surface area contributed by atoms with E-state index in [4.69, 9.17) is 4.98 Å². The van der Waals surface area contributed by atoms with E-state index in [-0.39, 0.29) is 0 Å². The molecule has 0 aliphatic heterocycles. The van der Waals surface area contributed by atoms with Crippen molar-refractivity contribution in [3.05, 3.63) is 65.9 Å². The zero-order valence-corrected chi connectivity index (χ0v) is 14.7. The molecule has 0 spiro atoms. The molecule has 0 aliphatic rings. The van der Waals surface area contributed by atoms with Crippen molar-refractivity contribution in [1.29, 1.82) is 0 Å². The van der Waals surface area contributed by atoms with Gasteiger partial charge in [-0.3, -0.25) is 0 Å². The topological polar surface area (TPSA) is 19.4 Å². The first-order valence-corrected chi connectivity index (χ1v) is 8.06. The number of hydrogen-bond acceptors (Lipinski definition) is 3. The van der Waals surface area contributed by atoms with Crippen LogP contribution in [0.15, 0.2) is 54.6 Å². The van der Waals surface area contributed by atoms with Gasteiger partial charge in [-0.05, 0) is 48.0 Å². The van der Waals surface area contributed by atoms with Crippen LogP contribution < -0.4 is 9.80 Å². The molecule has 1 heterocycles. The van der Waals surface area contributed by atoms with Gasteiger partial charge < -0.3 is 9.80 Å². The van der Waals surface area contributed by atoms with Crippen LogP contribution in [0.2, 0.25) is 0 Å². The van der Waals surface area contributed by atoms with Crippen LogP contribution in [0, 0.1) is 0 Å². The SMILES string of the molecule is CN(C)c1ccc(/C=C/c2ccc3cc(N(C)C)ccc3n2)cc1. The molecule has 3 heteroatoms. The van der Waals surface area contributed by atoms with Gasteiger partial charge >= 0.3 is 0 Å². The molecule has 0 saturated heterocycles. The fraction of sp³-hybridized carbons (Fsp3) is 0.190. The number of rotatable bonds is 4. The van der Waals surface area contributed by atoms with Gasteiger partial charge in [-0.1, -0.05) is 24.3 Å². The molecule has 0 saturated carbocycles. The van der Waals surface area contributed by atoms with Crippen molar-refractivity contribution in [2.75, 3.05) is 38.0 Å². The molecular formula is C21H23N3. The van der Waals surface area contributed by atoms with E-state index in [1.165, 1.54) is 16.9 Å². The van der Waals surface area contributed by atoms with Gasteiger partial charge in [0.1, 0.15) is 0 Å². The Morgan fingerprint density at radius 1 is 0.708 bits per heavy atom. The maximum Gasteiger partial charge on any atom is 0.0710 e. The van der Waals surface area contributed by atoms with Crippen LogP contribution in [0.25, 0.3) is 23.1 Å². The van der Waals surface area contributed by atoms with Crippen molar-refractivity contribution >= 4 is 34.4 Å². The van der Waals surface area contributed by atoms with Crippen LogP contribution in [-0.2, 0) is 0 Å². The average molecular weight is 317 g/mol. The van der Waals surface area contributed by atoms with Crippen molar-refractivity contribution in [1.82, 2.24) is 4.98 Å². The molecule has 122 valence electrons. The minimum absolute atomic E-state index is 0.969. The molecular weight excluding hydrogens is 294 g/mol. The second-order valence-corrected chi connectivity index (χ2v) is 6.33. The molecule has 24 heavy (non-hydrogen) atoms. The van der Waals surface area contributed by atoms with Crippen LogP contribution in [0.4, 0.5) is 11.4 Å². The van der Waals surface area contributed by atoms with Crippen LogP contribution >= 0.6 is 0 Å². The number of hydrogen-bond donors (Lipinski definition) is 0. The summed E-state index contributed by atoms with van der Waals surface area (Å²) in [6.45, 7) is 0. The molecule has 0 amide bonds. The smallest absolute Gasteiger partial charge is 0.0710 e. The van der Waals surface area contributed by atoms with E-state index < -0.39 is 0 Å². The molecule has 3 nitrogen and oxygen atoms in total. The highest BCUT2D eigenvalue weighted by molar-refractivity contribution is 5.84. The molecule has 0 atom stereocenters. The predicted molar refractivity (Wildman–Crippen MR) is 106 cm³/mol. The maximum atomic E-state index is 4.72. The fourth-order valence-corrected chi connectivity index (χ4v) is 2.56. The van der Waals surface area contributed by atoms with Crippen molar-refractivity contribution in [2.45, 2.75) is 0 Å². The van der Waals surface area contributed by atoms with E-state index in [1.807, 2.05) is 28.2 Å². The minimum Gasteiger partial charge on any atom is -0.378 e. The summed E-state index contributed by atoms with van der Waals surface area (Å²) in [6, 6.07) is 19.0. The zero-order valence-electron chi connectivity index (χ0n) is 14.7. The normalized spacial score (nSPS) is 11.2. The maximum absolute atomic E-state index is 4.72. The third-order valence-electron chi connectivity index (χ3n) is 4.07. The van der Waals surface area contributed by atoms with E-state index in [0.717, 1.165) is 16.6 Å². The summed E-state index contributed by atoms with van der Waals surface area (Å²) in [6.07, 6.45) is 4.16. The molecule has 3 aromatic rings. The van der Waals surface area contributed by atoms with Gasteiger partial charge in [-0.15, -0.1) is 0 Å². The highest BCUT2D eigenvalue weighted by Gasteiger charge is 2.00. The molecule has 0 unspecified atom stereocenters. The molecule has 0 radical (unpaired) electrons. The van der Waals surface area contributed by atoms with Crippen LogP contribution in [0.1, 0.15) is 11.3 Å². The number of benzene rings is 2. The lowest BCUT2D eigenvalue weighted by molar-refractivity contribution is 1.13. The van der Waals surface area contributed by atoms with Gasteiger partial charge in [0, 0.05) is 45.0 Å². The van der Waals surface area contributed by atoms with Gasteiger partial charge in [0.2, 0.25) is 0 Å². The summed E-state index contributed by atoms with van der Waals surface area (Å²) in [5.41, 5.74) is 5.55. The molecule has 0 N–H and O–H groups in total. The summed E-state index contributed by atoms with van der Waals surface area (Å²) < 4.78 is 0. The van der Waals surface area contributed by atoms with Crippen molar-refractivity contribution in [3.63, 3.8) is 0 Å². The van der Waals surface area contributed by atoms with Crippen molar-refractivity contribution in [3.8, 4) is 0 Å². The first-order valence-electron chi connectivity index (χ1n) is 8.06. The largest absolute Gasteiger partial charge is 0.378 e. The quantitative estimate of drug-likeness (QED) is 0.704. The Balaban J connectivity index is 1.83. The van der Waals surface area contributed by atoms with Crippen molar-refractivity contribution < 1.29 is 0 Å². The zero-order chi connectivity index (χ0) is 17.1. The Morgan fingerprint density at radius 2 is 1.38 bits per heavy atom. The van der Waals surface area contributed by atoms with Crippen LogP contribution in [0.3, 0.4) is 0 Å². The molecule has 0 aliphatic carbocycles. The van der Waals surface area contributed by atoms with Gasteiger partial charge in [-0.2, -0.15) is 0 Å². The number of aromatic nitrogens is 1. The summed E-state index contributed by atoms with van der Waals surface area (Å²) in [4.78, 5) is 8.92. The lowest BCUT2D eigenvalue weighted by Gasteiger charge is -2.12. The Bertz CT molecular complexity index is 862. The van der Waals surface area contributed by atoms with E-state index in [0.29, 0.717) is 0 Å².